The second kappa shape index (κ2) is 11.7. The lowest BCUT2D eigenvalue weighted by Gasteiger charge is -2.34. The summed E-state index contributed by atoms with van der Waals surface area (Å²) in [5, 5.41) is 29.4. The van der Waals surface area contributed by atoms with Crippen molar-refractivity contribution in [2.75, 3.05) is 19.8 Å². The minimum Gasteiger partial charge on any atom is -0.493 e. The van der Waals surface area contributed by atoms with E-state index >= 15 is 0 Å². The van der Waals surface area contributed by atoms with Crippen molar-refractivity contribution in [3.8, 4) is 5.75 Å². The third-order valence-electron chi connectivity index (χ3n) is 8.21. The highest BCUT2D eigenvalue weighted by Gasteiger charge is 2.33. The molecule has 0 heterocycles. The number of benzene rings is 2. The Balaban J connectivity index is 1.82. The van der Waals surface area contributed by atoms with E-state index in [0.717, 1.165) is 62.7 Å². The monoisotopic (exact) mass is 468 g/mol. The van der Waals surface area contributed by atoms with Gasteiger partial charge in [-0.05, 0) is 86.3 Å². The number of aliphatic hydroxyl groups excluding tert-OH is 2. The van der Waals surface area contributed by atoms with Crippen molar-refractivity contribution < 1.29 is 20.1 Å². The second-order valence-electron chi connectivity index (χ2n) is 10.4. The molecule has 1 aliphatic carbocycles. The highest BCUT2D eigenvalue weighted by Crippen LogP contribution is 2.41. The van der Waals surface area contributed by atoms with Gasteiger partial charge in [-0.25, -0.2) is 0 Å². The minimum absolute atomic E-state index is 0.0744. The van der Waals surface area contributed by atoms with Crippen molar-refractivity contribution in [2.45, 2.75) is 90.1 Å². The van der Waals surface area contributed by atoms with Gasteiger partial charge in [-0.2, -0.15) is 0 Å². The van der Waals surface area contributed by atoms with Crippen molar-refractivity contribution >= 4 is 0 Å². The summed E-state index contributed by atoms with van der Waals surface area (Å²) in [6, 6.07) is 13.3. The lowest BCUT2D eigenvalue weighted by molar-refractivity contribution is 0.0391. The van der Waals surface area contributed by atoms with Crippen molar-refractivity contribution in [2.24, 2.45) is 5.92 Å². The molecule has 0 saturated heterocycles. The molecule has 0 atom stereocenters. The molecule has 0 aliphatic heterocycles. The Kier molecular flexibility index (Phi) is 9.20. The summed E-state index contributed by atoms with van der Waals surface area (Å²) in [7, 11) is 0. The van der Waals surface area contributed by atoms with E-state index in [1.807, 2.05) is 6.07 Å². The molecule has 188 valence electrons. The Bertz CT molecular complexity index is 921. The van der Waals surface area contributed by atoms with Crippen LogP contribution in [0.2, 0.25) is 0 Å². The first-order valence-corrected chi connectivity index (χ1v) is 13.1. The minimum atomic E-state index is -0.461. The Labute approximate surface area is 206 Å². The quantitative estimate of drug-likeness (QED) is 0.378. The smallest absolute Gasteiger partial charge is 0.122 e. The molecule has 2 aromatic rings. The van der Waals surface area contributed by atoms with E-state index in [4.69, 9.17) is 4.74 Å². The Morgan fingerprint density at radius 2 is 1.50 bits per heavy atom. The summed E-state index contributed by atoms with van der Waals surface area (Å²) in [4.78, 5) is 0. The van der Waals surface area contributed by atoms with Crippen LogP contribution < -0.4 is 4.74 Å². The average Bonchev–Trinajstić information content (AvgIpc) is 3.28. The SMILES string of the molecule is CCC(CC)(c1ccc(CCC2(O)CCCC2)c(C)c1)c1ccc(OCC(CO)CO)c(C)c1. The fourth-order valence-corrected chi connectivity index (χ4v) is 5.64. The molecule has 4 heteroatoms. The maximum atomic E-state index is 10.8. The molecule has 1 aliphatic rings. The summed E-state index contributed by atoms with van der Waals surface area (Å²) in [5.41, 5.74) is 5.81. The van der Waals surface area contributed by atoms with Gasteiger partial charge in [0.1, 0.15) is 5.75 Å². The molecule has 0 radical (unpaired) electrons. The number of aliphatic hydroxyl groups is 3. The number of hydrogen-bond acceptors (Lipinski definition) is 4. The van der Waals surface area contributed by atoms with Gasteiger partial charge in [0.05, 0.1) is 25.4 Å². The van der Waals surface area contributed by atoms with Gasteiger partial charge in [-0.1, -0.05) is 57.0 Å². The summed E-state index contributed by atoms with van der Waals surface area (Å²) in [5.74, 6) is 0.536. The van der Waals surface area contributed by atoms with E-state index in [2.05, 4.69) is 58.0 Å². The summed E-state index contributed by atoms with van der Waals surface area (Å²) in [6.07, 6.45) is 7.97. The van der Waals surface area contributed by atoms with Crippen LogP contribution in [-0.4, -0.2) is 40.7 Å². The van der Waals surface area contributed by atoms with E-state index < -0.39 is 5.60 Å². The van der Waals surface area contributed by atoms with Crippen LogP contribution in [0.5, 0.6) is 5.75 Å². The molecule has 34 heavy (non-hydrogen) atoms. The molecule has 0 unspecified atom stereocenters. The molecule has 0 bridgehead atoms. The third-order valence-corrected chi connectivity index (χ3v) is 8.21. The van der Waals surface area contributed by atoms with Crippen LogP contribution in [0.15, 0.2) is 36.4 Å². The summed E-state index contributed by atoms with van der Waals surface area (Å²) in [6.45, 7) is 8.91. The van der Waals surface area contributed by atoms with Crippen LogP contribution in [0.4, 0.5) is 0 Å². The Morgan fingerprint density at radius 1 is 0.912 bits per heavy atom. The normalized spacial score (nSPS) is 15.8. The van der Waals surface area contributed by atoms with Gasteiger partial charge < -0.3 is 20.1 Å². The van der Waals surface area contributed by atoms with Gasteiger partial charge in [0.2, 0.25) is 0 Å². The molecule has 3 rings (SSSR count). The van der Waals surface area contributed by atoms with E-state index in [1.165, 1.54) is 22.3 Å². The highest BCUT2D eigenvalue weighted by atomic mass is 16.5. The van der Waals surface area contributed by atoms with Gasteiger partial charge in [-0.15, -0.1) is 0 Å². The average molecular weight is 469 g/mol. The zero-order valence-electron chi connectivity index (χ0n) is 21.6. The molecule has 0 spiro atoms. The van der Waals surface area contributed by atoms with E-state index in [-0.39, 0.29) is 24.5 Å². The Morgan fingerprint density at radius 3 is 2.03 bits per heavy atom. The van der Waals surface area contributed by atoms with Crippen molar-refractivity contribution in [3.05, 3.63) is 64.2 Å². The van der Waals surface area contributed by atoms with Crippen LogP contribution in [-0.2, 0) is 11.8 Å². The molecule has 2 aromatic carbocycles. The lowest BCUT2D eigenvalue weighted by Crippen LogP contribution is -2.27. The first kappa shape index (κ1) is 26.7. The van der Waals surface area contributed by atoms with Crippen molar-refractivity contribution in [1.82, 2.24) is 0 Å². The highest BCUT2D eigenvalue weighted by molar-refractivity contribution is 5.47. The molecular formula is C30H44O4. The largest absolute Gasteiger partial charge is 0.493 e. The van der Waals surface area contributed by atoms with Crippen LogP contribution in [0.1, 0.15) is 86.6 Å². The lowest BCUT2D eigenvalue weighted by atomic mass is 9.69. The van der Waals surface area contributed by atoms with Gasteiger partial charge in [0.15, 0.2) is 0 Å². The Hall–Kier alpha value is -1.88. The van der Waals surface area contributed by atoms with Crippen LogP contribution >= 0.6 is 0 Å². The maximum absolute atomic E-state index is 10.8. The fraction of sp³-hybridized carbons (Fsp3) is 0.600. The zero-order valence-corrected chi connectivity index (χ0v) is 21.6. The molecule has 1 fully saturated rings. The second-order valence-corrected chi connectivity index (χ2v) is 10.4. The van der Waals surface area contributed by atoms with Crippen molar-refractivity contribution in [1.29, 1.82) is 0 Å². The summed E-state index contributed by atoms with van der Waals surface area (Å²) >= 11 is 0. The van der Waals surface area contributed by atoms with Gasteiger partial charge in [-0.3, -0.25) is 0 Å². The fourth-order valence-electron chi connectivity index (χ4n) is 5.64. The van der Waals surface area contributed by atoms with Crippen LogP contribution in [0.3, 0.4) is 0 Å². The van der Waals surface area contributed by atoms with E-state index in [1.54, 1.807) is 0 Å². The van der Waals surface area contributed by atoms with Gasteiger partial charge in [0, 0.05) is 11.3 Å². The number of rotatable bonds is 12. The zero-order chi connectivity index (χ0) is 24.8. The van der Waals surface area contributed by atoms with Crippen LogP contribution in [0.25, 0.3) is 0 Å². The van der Waals surface area contributed by atoms with Gasteiger partial charge in [0.25, 0.3) is 0 Å². The molecule has 3 N–H and O–H groups in total. The van der Waals surface area contributed by atoms with E-state index in [0.29, 0.717) is 6.61 Å². The number of hydrogen-bond donors (Lipinski definition) is 3. The molecule has 4 nitrogen and oxygen atoms in total. The molecule has 1 saturated carbocycles. The van der Waals surface area contributed by atoms with E-state index in [9.17, 15) is 15.3 Å². The molecular weight excluding hydrogens is 424 g/mol. The van der Waals surface area contributed by atoms with Crippen LogP contribution in [0, 0.1) is 19.8 Å². The topological polar surface area (TPSA) is 69.9 Å². The number of aryl methyl sites for hydroxylation is 3. The molecule has 0 amide bonds. The van der Waals surface area contributed by atoms with Crippen molar-refractivity contribution in [3.63, 3.8) is 0 Å². The first-order valence-electron chi connectivity index (χ1n) is 13.1. The number of ether oxygens (including phenoxy) is 1. The predicted octanol–water partition coefficient (Wildman–Crippen LogP) is 5.63. The third kappa shape index (κ3) is 5.84. The maximum Gasteiger partial charge on any atom is 0.122 e. The summed E-state index contributed by atoms with van der Waals surface area (Å²) < 4.78 is 5.89. The van der Waals surface area contributed by atoms with Gasteiger partial charge >= 0.3 is 0 Å². The predicted molar refractivity (Wildman–Crippen MR) is 139 cm³/mol. The standard InChI is InChI=1S/C30H44O4/c1-5-30(6-2,27-11-12-28(23(4)18-27)34-21-24(19-31)20-32)26-10-9-25(22(3)17-26)13-16-29(33)14-7-8-15-29/h9-12,17-18,24,31-33H,5-8,13-16,19-21H2,1-4H3. The first-order chi connectivity index (χ1) is 16.3. The molecule has 0 aromatic heterocycles.